The largest absolute Gasteiger partial charge is 0.342 e. The SMILES string of the molecule is CC1(C)CN(C(=O)Cc2cn3cc(Cl)cc(Cl)c3n2)CCC1N. The number of nitrogens with zero attached hydrogens (tertiary/aromatic N) is 3. The molecule has 1 unspecified atom stereocenters. The average molecular weight is 355 g/mol. The van der Waals surface area contributed by atoms with Gasteiger partial charge in [-0.25, -0.2) is 4.98 Å². The summed E-state index contributed by atoms with van der Waals surface area (Å²) in [5, 5.41) is 1.01. The van der Waals surface area contributed by atoms with Crippen molar-refractivity contribution in [2.75, 3.05) is 13.1 Å². The highest BCUT2D eigenvalue weighted by Crippen LogP contribution is 2.28. The van der Waals surface area contributed by atoms with Gasteiger partial charge in [0.1, 0.15) is 0 Å². The Morgan fingerprint density at radius 3 is 2.87 bits per heavy atom. The summed E-state index contributed by atoms with van der Waals surface area (Å²) in [4.78, 5) is 18.9. The maximum atomic E-state index is 12.6. The molecule has 0 aromatic carbocycles. The molecule has 1 amide bonds. The number of halogens is 2. The van der Waals surface area contributed by atoms with Crippen molar-refractivity contribution in [3.63, 3.8) is 0 Å². The second-order valence-electron chi connectivity index (χ2n) is 6.85. The molecule has 2 N–H and O–H groups in total. The fourth-order valence-corrected chi connectivity index (χ4v) is 3.54. The Morgan fingerprint density at radius 2 is 2.17 bits per heavy atom. The molecule has 23 heavy (non-hydrogen) atoms. The highest BCUT2D eigenvalue weighted by molar-refractivity contribution is 6.36. The molecule has 2 aromatic heterocycles. The molecule has 0 aliphatic carbocycles. The Balaban J connectivity index is 1.77. The highest BCUT2D eigenvalue weighted by Gasteiger charge is 2.35. The Bertz CT molecular complexity index is 756. The molecule has 1 aliphatic heterocycles. The second kappa shape index (κ2) is 5.96. The lowest BCUT2D eigenvalue weighted by Gasteiger charge is -2.42. The number of nitrogens with two attached hydrogens (primary N) is 1. The van der Waals surface area contributed by atoms with Gasteiger partial charge in [0.2, 0.25) is 5.91 Å². The number of pyridine rings is 1. The van der Waals surface area contributed by atoms with Gasteiger partial charge in [-0.15, -0.1) is 0 Å². The summed E-state index contributed by atoms with van der Waals surface area (Å²) >= 11 is 12.1. The molecular weight excluding hydrogens is 335 g/mol. The van der Waals surface area contributed by atoms with Gasteiger partial charge in [-0.2, -0.15) is 0 Å². The fourth-order valence-electron chi connectivity index (χ4n) is 3.01. The van der Waals surface area contributed by atoms with Gasteiger partial charge in [-0.1, -0.05) is 37.0 Å². The average Bonchev–Trinajstić information content (AvgIpc) is 2.84. The van der Waals surface area contributed by atoms with Gasteiger partial charge < -0.3 is 15.0 Å². The van der Waals surface area contributed by atoms with Crippen LogP contribution < -0.4 is 5.73 Å². The third kappa shape index (κ3) is 3.32. The lowest BCUT2D eigenvalue weighted by Crippen LogP contribution is -2.54. The van der Waals surface area contributed by atoms with Crippen molar-refractivity contribution >= 4 is 34.8 Å². The van der Waals surface area contributed by atoms with Gasteiger partial charge >= 0.3 is 0 Å². The number of hydrogen-bond acceptors (Lipinski definition) is 3. The molecule has 3 heterocycles. The second-order valence-corrected chi connectivity index (χ2v) is 7.69. The van der Waals surface area contributed by atoms with E-state index in [9.17, 15) is 4.79 Å². The summed E-state index contributed by atoms with van der Waals surface area (Å²) in [5.74, 6) is 0.0654. The van der Waals surface area contributed by atoms with Gasteiger partial charge in [0, 0.05) is 31.5 Å². The van der Waals surface area contributed by atoms with Crippen molar-refractivity contribution in [2.24, 2.45) is 11.1 Å². The zero-order valence-corrected chi connectivity index (χ0v) is 14.7. The van der Waals surface area contributed by atoms with E-state index in [4.69, 9.17) is 28.9 Å². The first-order valence-corrected chi connectivity index (χ1v) is 8.38. The number of carbonyl (C=O) groups excluding carboxylic acids is 1. The number of imidazole rings is 1. The third-order valence-corrected chi connectivity index (χ3v) is 5.00. The number of amides is 1. The van der Waals surface area contributed by atoms with E-state index in [1.807, 2.05) is 4.90 Å². The number of piperidine rings is 1. The van der Waals surface area contributed by atoms with Crippen LogP contribution in [0.4, 0.5) is 0 Å². The molecule has 1 fully saturated rings. The van der Waals surface area contributed by atoms with E-state index < -0.39 is 0 Å². The zero-order chi connectivity index (χ0) is 16.8. The van der Waals surface area contributed by atoms with Crippen LogP contribution in [0.2, 0.25) is 10.0 Å². The van der Waals surface area contributed by atoms with Crippen molar-refractivity contribution in [1.29, 1.82) is 0 Å². The van der Waals surface area contributed by atoms with E-state index in [1.54, 1.807) is 22.9 Å². The first kappa shape index (κ1) is 16.6. The van der Waals surface area contributed by atoms with Gasteiger partial charge in [-0.3, -0.25) is 4.79 Å². The van der Waals surface area contributed by atoms with Crippen molar-refractivity contribution in [2.45, 2.75) is 32.7 Å². The molecule has 7 heteroatoms. The minimum absolute atomic E-state index is 0.0654. The summed E-state index contributed by atoms with van der Waals surface area (Å²) in [6.07, 6.45) is 4.60. The molecule has 0 bridgehead atoms. The number of likely N-dealkylation sites (tertiary alicyclic amines) is 1. The molecule has 5 nitrogen and oxygen atoms in total. The molecule has 124 valence electrons. The number of carbonyl (C=O) groups is 1. The molecule has 1 saturated heterocycles. The van der Waals surface area contributed by atoms with Crippen LogP contribution in [0.1, 0.15) is 26.0 Å². The topological polar surface area (TPSA) is 63.6 Å². The van der Waals surface area contributed by atoms with E-state index in [2.05, 4.69) is 18.8 Å². The number of aromatic nitrogens is 2. The first-order valence-electron chi connectivity index (χ1n) is 7.62. The predicted molar refractivity (Wildman–Crippen MR) is 91.9 cm³/mol. The summed E-state index contributed by atoms with van der Waals surface area (Å²) < 4.78 is 1.75. The molecule has 1 aliphatic rings. The minimum atomic E-state index is -0.0658. The number of hydrogen-bond donors (Lipinski definition) is 1. The van der Waals surface area contributed by atoms with Crippen molar-refractivity contribution in [1.82, 2.24) is 14.3 Å². The number of fused-ring (bicyclic) bond motifs is 1. The van der Waals surface area contributed by atoms with Crippen LogP contribution in [-0.4, -0.2) is 39.3 Å². The molecular formula is C16H20Cl2N4O. The quantitative estimate of drug-likeness (QED) is 0.901. The molecule has 3 rings (SSSR count). The highest BCUT2D eigenvalue weighted by atomic mass is 35.5. The third-order valence-electron chi connectivity index (χ3n) is 4.52. The van der Waals surface area contributed by atoms with E-state index in [0.717, 1.165) is 6.42 Å². The molecule has 0 saturated carbocycles. The Kier molecular flexibility index (Phi) is 4.29. The Labute approximate surface area is 145 Å². The molecule has 0 spiro atoms. The van der Waals surface area contributed by atoms with Crippen LogP contribution in [0.25, 0.3) is 5.65 Å². The van der Waals surface area contributed by atoms with E-state index in [-0.39, 0.29) is 23.8 Å². The minimum Gasteiger partial charge on any atom is -0.342 e. The van der Waals surface area contributed by atoms with Gasteiger partial charge in [0.25, 0.3) is 0 Å². The monoisotopic (exact) mass is 354 g/mol. The van der Waals surface area contributed by atoms with Crippen molar-refractivity contribution in [3.05, 3.63) is 34.2 Å². The summed E-state index contributed by atoms with van der Waals surface area (Å²) in [6, 6.07) is 1.77. The smallest absolute Gasteiger partial charge is 0.228 e. The first-order chi connectivity index (χ1) is 10.8. The maximum absolute atomic E-state index is 12.6. The number of rotatable bonds is 2. The lowest BCUT2D eigenvalue weighted by atomic mass is 9.79. The van der Waals surface area contributed by atoms with Gasteiger partial charge in [0.05, 0.1) is 22.2 Å². The van der Waals surface area contributed by atoms with Crippen molar-refractivity contribution in [3.8, 4) is 0 Å². The normalized spacial score (nSPS) is 20.9. The van der Waals surface area contributed by atoms with Crippen LogP contribution in [0.15, 0.2) is 18.5 Å². The zero-order valence-electron chi connectivity index (χ0n) is 13.2. The van der Waals surface area contributed by atoms with E-state index >= 15 is 0 Å². The molecule has 0 radical (unpaired) electrons. The standard InChI is InChI=1S/C16H20Cl2N4O/c1-16(2)9-21(4-3-13(16)19)14(23)6-11-8-22-7-10(17)5-12(18)15(22)20-11/h5,7-8,13H,3-4,6,9,19H2,1-2H3. The van der Waals surface area contributed by atoms with Crippen LogP contribution in [0.5, 0.6) is 0 Å². The Hall–Kier alpha value is -1.30. The summed E-state index contributed by atoms with van der Waals surface area (Å²) in [7, 11) is 0. The summed E-state index contributed by atoms with van der Waals surface area (Å²) in [5.41, 5.74) is 7.36. The summed E-state index contributed by atoms with van der Waals surface area (Å²) in [6.45, 7) is 5.57. The van der Waals surface area contributed by atoms with Crippen LogP contribution >= 0.6 is 23.2 Å². The maximum Gasteiger partial charge on any atom is 0.228 e. The van der Waals surface area contributed by atoms with Gasteiger partial charge in [-0.05, 0) is 17.9 Å². The van der Waals surface area contributed by atoms with Crippen molar-refractivity contribution < 1.29 is 4.79 Å². The molecule has 2 aromatic rings. The molecule has 1 atom stereocenters. The van der Waals surface area contributed by atoms with Crippen LogP contribution in [-0.2, 0) is 11.2 Å². The van der Waals surface area contributed by atoms with Gasteiger partial charge in [0.15, 0.2) is 5.65 Å². The lowest BCUT2D eigenvalue weighted by molar-refractivity contribution is -0.133. The fraction of sp³-hybridized carbons (Fsp3) is 0.500. The van der Waals surface area contributed by atoms with Crippen LogP contribution in [0, 0.1) is 5.41 Å². The predicted octanol–water partition coefficient (Wildman–Crippen LogP) is 2.77. The van der Waals surface area contributed by atoms with E-state index in [1.165, 1.54) is 0 Å². The Morgan fingerprint density at radius 1 is 1.43 bits per heavy atom. The van der Waals surface area contributed by atoms with Crippen LogP contribution in [0.3, 0.4) is 0 Å². The van der Waals surface area contributed by atoms with E-state index in [0.29, 0.717) is 34.5 Å².